The topological polar surface area (TPSA) is 97.1 Å². The van der Waals surface area contributed by atoms with Crippen LogP contribution >= 0.6 is 0 Å². The summed E-state index contributed by atoms with van der Waals surface area (Å²) in [5, 5.41) is 0.736. The average molecular weight is 449 g/mol. The van der Waals surface area contributed by atoms with Crippen LogP contribution in [0.5, 0.6) is 5.75 Å². The fraction of sp³-hybridized carbons (Fsp3) is 0.409. The van der Waals surface area contributed by atoms with E-state index in [-0.39, 0.29) is 11.8 Å². The fourth-order valence-electron chi connectivity index (χ4n) is 3.68. The smallest absolute Gasteiger partial charge is 0.405 e. The summed E-state index contributed by atoms with van der Waals surface area (Å²) < 4.78 is 45.8. The van der Waals surface area contributed by atoms with Crippen molar-refractivity contribution in [3.63, 3.8) is 0 Å². The van der Waals surface area contributed by atoms with Gasteiger partial charge < -0.3 is 20.4 Å². The summed E-state index contributed by atoms with van der Waals surface area (Å²) in [6, 6.07) is 2.23. The van der Waals surface area contributed by atoms with Crippen molar-refractivity contribution in [2.75, 3.05) is 11.4 Å². The molecule has 0 spiro atoms. The molecule has 0 saturated heterocycles. The van der Waals surface area contributed by atoms with Crippen LogP contribution in [0, 0.1) is 5.92 Å². The number of halogens is 3. The van der Waals surface area contributed by atoms with Crippen molar-refractivity contribution in [3.05, 3.63) is 36.9 Å². The van der Waals surface area contributed by atoms with E-state index in [1.165, 1.54) is 6.20 Å². The van der Waals surface area contributed by atoms with Crippen LogP contribution in [0.3, 0.4) is 0 Å². The highest BCUT2D eigenvalue weighted by atomic mass is 19.4. The lowest BCUT2D eigenvalue weighted by atomic mass is 10.0. The number of amides is 1. The Balaban J connectivity index is 2.08. The highest BCUT2D eigenvalue weighted by Gasteiger charge is 2.37. The molecular weight excluding hydrogens is 423 g/mol. The first-order chi connectivity index (χ1) is 15.0. The molecule has 0 fully saturated rings. The molecule has 0 aliphatic heterocycles. The number of carbonyl (C=O) groups is 1. The van der Waals surface area contributed by atoms with Gasteiger partial charge in [-0.1, -0.05) is 13.8 Å². The van der Waals surface area contributed by atoms with Crippen LogP contribution in [0.4, 0.5) is 18.9 Å². The zero-order chi connectivity index (χ0) is 23.6. The number of hydrogen-bond donors (Lipinski definition) is 2. The van der Waals surface area contributed by atoms with Crippen LogP contribution in [0.2, 0.25) is 0 Å². The van der Waals surface area contributed by atoms with Crippen LogP contribution in [0.15, 0.2) is 36.9 Å². The van der Waals surface area contributed by atoms with Gasteiger partial charge in [-0.05, 0) is 31.9 Å². The molecule has 1 amide bonds. The van der Waals surface area contributed by atoms with Gasteiger partial charge in [0.05, 0.1) is 24.2 Å². The molecule has 0 saturated carbocycles. The van der Waals surface area contributed by atoms with E-state index in [0.717, 1.165) is 10.3 Å². The van der Waals surface area contributed by atoms with Crippen molar-refractivity contribution < 1.29 is 22.7 Å². The number of pyridine rings is 2. The number of nitrogens with zero attached hydrogens (tertiary/aromatic N) is 3. The Kier molecular flexibility index (Phi) is 6.61. The van der Waals surface area contributed by atoms with Gasteiger partial charge in [-0.2, -0.15) is 13.2 Å². The molecule has 0 aliphatic rings. The van der Waals surface area contributed by atoms with Crippen molar-refractivity contribution in [1.29, 1.82) is 0 Å². The number of anilines is 1. The maximum atomic E-state index is 13.4. The van der Waals surface area contributed by atoms with Gasteiger partial charge in [0.15, 0.2) is 0 Å². The molecule has 3 heterocycles. The predicted octanol–water partition coefficient (Wildman–Crippen LogP) is 4.29. The van der Waals surface area contributed by atoms with E-state index in [4.69, 9.17) is 10.5 Å². The number of rotatable bonds is 8. The number of aromatic amines is 1. The minimum absolute atomic E-state index is 0.0423. The van der Waals surface area contributed by atoms with Crippen molar-refractivity contribution in [2.24, 2.45) is 11.7 Å². The third-order valence-corrected chi connectivity index (χ3v) is 4.85. The molecule has 3 N–H and O–H groups in total. The van der Waals surface area contributed by atoms with Crippen molar-refractivity contribution in [2.45, 2.75) is 46.0 Å². The number of carbonyl (C=O) groups excluding carboxylic acids is 1. The summed E-state index contributed by atoms with van der Waals surface area (Å²) in [6.07, 6.45) is 1.57. The van der Waals surface area contributed by atoms with Crippen molar-refractivity contribution >= 4 is 22.6 Å². The minimum atomic E-state index is -4.54. The number of nitrogens with one attached hydrogen (secondary N) is 1. The van der Waals surface area contributed by atoms with Gasteiger partial charge in [0.1, 0.15) is 24.0 Å². The highest BCUT2D eigenvalue weighted by Crippen LogP contribution is 2.33. The Morgan fingerprint density at radius 1 is 1.19 bits per heavy atom. The van der Waals surface area contributed by atoms with Crippen LogP contribution in [0.25, 0.3) is 22.2 Å². The number of fused-ring (bicyclic) bond motifs is 1. The lowest BCUT2D eigenvalue weighted by Gasteiger charge is -2.34. The molecule has 0 aromatic carbocycles. The number of alkyl halides is 3. The summed E-state index contributed by atoms with van der Waals surface area (Å²) in [6.45, 7) is 5.77. The van der Waals surface area contributed by atoms with Crippen molar-refractivity contribution in [3.8, 4) is 16.9 Å². The molecular formula is C22H26F3N5O2. The Morgan fingerprint density at radius 3 is 2.50 bits per heavy atom. The van der Waals surface area contributed by atoms with Gasteiger partial charge >= 0.3 is 6.18 Å². The Hall–Kier alpha value is -3.30. The molecule has 172 valence electrons. The zero-order valence-corrected chi connectivity index (χ0v) is 18.3. The van der Waals surface area contributed by atoms with E-state index in [9.17, 15) is 18.0 Å². The molecule has 0 aliphatic carbocycles. The van der Waals surface area contributed by atoms with Gasteiger partial charge in [0.25, 0.3) is 0 Å². The molecule has 7 nitrogen and oxygen atoms in total. The number of H-pyrrole nitrogens is 1. The third-order valence-electron chi connectivity index (χ3n) is 4.85. The second kappa shape index (κ2) is 9.05. The maximum Gasteiger partial charge on any atom is 0.405 e. The van der Waals surface area contributed by atoms with Gasteiger partial charge in [-0.25, -0.2) is 4.98 Å². The molecule has 0 radical (unpaired) electrons. The average Bonchev–Trinajstić information content (AvgIpc) is 3.08. The van der Waals surface area contributed by atoms with E-state index in [1.807, 2.05) is 19.9 Å². The molecule has 3 aromatic heterocycles. The Labute approximate surface area is 183 Å². The third kappa shape index (κ3) is 5.30. The van der Waals surface area contributed by atoms with Gasteiger partial charge in [0.2, 0.25) is 5.91 Å². The number of primary amides is 1. The molecule has 10 heteroatoms. The summed E-state index contributed by atoms with van der Waals surface area (Å²) in [7, 11) is 0. The predicted molar refractivity (Wildman–Crippen MR) is 116 cm³/mol. The summed E-state index contributed by atoms with van der Waals surface area (Å²) in [5.74, 6) is -0.697. The quantitative estimate of drug-likeness (QED) is 0.535. The normalized spacial score (nSPS) is 13.0. The van der Waals surface area contributed by atoms with Gasteiger partial charge in [-0.3, -0.25) is 9.78 Å². The first kappa shape index (κ1) is 23.4. The molecule has 3 aromatic rings. The molecule has 0 bridgehead atoms. The van der Waals surface area contributed by atoms with Crippen LogP contribution in [-0.4, -0.2) is 45.7 Å². The molecule has 32 heavy (non-hydrogen) atoms. The summed E-state index contributed by atoms with van der Waals surface area (Å²) >= 11 is 0. The first-order valence-corrected chi connectivity index (χ1v) is 10.2. The van der Waals surface area contributed by atoms with E-state index >= 15 is 0 Å². The van der Waals surface area contributed by atoms with Crippen molar-refractivity contribution in [1.82, 2.24) is 15.0 Å². The zero-order valence-electron chi connectivity index (χ0n) is 18.3. The fourth-order valence-corrected chi connectivity index (χ4v) is 3.68. The lowest BCUT2D eigenvalue weighted by molar-refractivity contribution is -0.126. The Bertz CT molecular complexity index is 1090. The SMILES string of the molecule is CC(C)Oc1cnc2[nH]cc(-c3cncc(N(CC(F)(F)F)[C@@H](C(N)=O)C(C)C)c3)c2c1. The number of hydrogen-bond acceptors (Lipinski definition) is 5. The van der Waals surface area contributed by atoms with Gasteiger partial charge in [0, 0.05) is 28.9 Å². The second-order valence-corrected chi connectivity index (χ2v) is 8.20. The first-order valence-electron chi connectivity index (χ1n) is 10.2. The number of nitrogens with two attached hydrogens (primary N) is 1. The number of ether oxygens (including phenoxy) is 1. The standard InChI is InChI=1S/C22H26F3N5O2/c1-12(2)19(20(26)31)30(11-22(23,24)25)15-5-14(7-27-8-15)18-10-29-21-17(18)6-16(9-28-21)32-13(3)4/h5-10,12-13,19H,11H2,1-4H3,(H2,26,31)(H,28,29)/t19-/m1/s1. The summed E-state index contributed by atoms with van der Waals surface area (Å²) in [5.41, 5.74) is 7.48. The number of aromatic nitrogens is 3. The monoisotopic (exact) mass is 449 g/mol. The van der Waals surface area contributed by atoms with Crippen LogP contribution in [-0.2, 0) is 4.79 Å². The Morgan fingerprint density at radius 2 is 1.91 bits per heavy atom. The van der Waals surface area contributed by atoms with E-state index in [1.54, 1.807) is 38.5 Å². The molecule has 3 rings (SSSR count). The van der Waals surface area contributed by atoms with E-state index in [0.29, 0.717) is 22.5 Å². The largest absolute Gasteiger partial charge is 0.489 e. The summed E-state index contributed by atoms with van der Waals surface area (Å²) in [4.78, 5) is 24.5. The maximum absolute atomic E-state index is 13.4. The van der Waals surface area contributed by atoms with Crippen LogP contribution in [0.1, 0.15) is 27.7 Å². The van der Waals surface area contributed by atoms with Crippen LogP contribution < -0.4 is 15.4 Å². The highest BCUT2D eigenvalue weighted by molar-refractivity contribution is 5.94. The van der Waals surface area contributed by atoms with E-state index in [2.05, 4.69) is 15.0 Å². The molecule has 1 atom stereocenters. The van der Waals surface area contributed by atoms with E-state index < -0.39 is 30.6 Å². The minimum Gasteiger partial charge on any atom is -0.489 e. The second-order valence-electron chi connectivity index (χ2n) is 8.20. The molecule has 0 unspecified atom stereocenters. The van der Waals surface area contributed by atoms with Gasteiger partial charge in [-0.15, -0.1) is 0 Å². The lowest BCUT2D eigenvalue weighted by Crippen LogP contribution is -2.51.